The van der Waals surface area contributed by atoms with Crippen LogP contribution < -0.4 is 5.32 Å². The maximum atomic E-state index is 13.9. The standard InChI is InChI=1S/C16H13FN2O/c1-10-5-4-8-14(13(10)9-18)19-16(20)12-7-3-6-11(2)15(12)17/h3-8H,1-2H3,(H,19,20). The third-order valence-corrected chi connectivity index (χ3v) is 3.07. The first-order valence-electron chi connectivity index (χ1n) is 6.10. The van der Waals surface area contributed by atoms with Crippen molar-refractivity contribution in [2.75, 3.05) is 5.32 Å². The van der Waals surface area contributed by atoms with Gasteiger partial charge in [0.05, 0.1) is 16.8 Å². The van der Waals surface area contributed by atoms with Gasteiger partial charge in [-0.2, -0.15) is 5.26 Å². The summed E-state index contributed by atoms with van der Waals surface area (Å²) in [6, 6.07) is 11.8. The predicted molar refractivity (Wildman–Crippen MR) is 75.0 cm³/mol. The Bertz CT molecular complexity index is 717. The summed E-state index contributed by atoms with van der Waals surface area (Å²) in [5, 5.41) is 11.7. The van der Waals surface area contributed by atoms with Crippen LogP contribution in [0.25, 0.3) is 0 Å². The zero-order valence-corrected chi connectivity index (χ0v) is 11.2. The zero-order valence-electron chi connectivity index (χ0n) is 11.2. The van der Waals surface area contributed by atoms with Crippen LogP contribution in [0, 0.1) is 31.0 Å². The lowest BCUT2D eigenvalue weighted by molar-refractivity contribution is 0.102. The Balaban J connectivity index is 2.36. The molecule has 3 nitrogen and oxygen atoms in total. The Morgan fingerprint density at radius 2 is 1.80 bits per heavy atom. The summed E-state index contributed by atoms with van der Waals surface area (Å²) < 4.78 is 13.9. The lowest BCUT2D eigenvalue weighted by atomic mass is 10.1. The predicted octanol–water partition coefficient (Wildman–Crippen LogP) is 3.57. The highest BCUT2D eigenvalue weighted by Gasteiger charge is 2.15. The van der Waals surface area contributed by atoms with Crippen LogP contribution in [0.5, 0.6) is 0 Å². The molecule has 0 fully saturated rings. The minimum Gasteiger partial charge on any atom is -0.321 e. The molecule has 100 valence electrons. The number of aryl methyl sites for hydroxylation is 2. The van der Waals surface area contributed by atoms with E-state index in [4.69, 9.17) is 5.26 Å². The number of hydrogen-bond acceptors (Lipinski definition) is 2. The smallest absolute Gasteiger partial charge is 0.258 e. The molecule has 0 aliphatic rings. The zero-order chi connectivity index (χ0) is 14.7. The van der Waals surface area contributed by atoms with E-state index in [9.17, 15) is 9.18 Å². The topological polar surface area (TPSA) is 52.9 Å². The number of carbonyl (C=O) groups is 1. The molecule has 2 aromatic rings. The van der Waals surface area contributed by atoms with Crippen molar-refractivity contribution in [3.8, 4) is 6.07 Å². The number of carbonyl (C=O) groups excluding carboxylic acids is 1. The summed E-state index contributed by atoms with van der Waals surface area (Å²) >= 11 is 0. The van der Waals surface area contributed by atoms with Crippen molar-refractivity contribution < 1.29 is 9.18 Å². The fraction of sp³-hybridized carbons (Fsp3) is 0.125. The van der Waals surface area contributed by atoms with E-state index in [1.54, 1.807) is 44.2 Å². The van der Waals surface area contributed by atoms with Gasteiger partial charge < -0.3 is 5.32 Å². The maximum Gasteiger partial charge on any atom is 0.258 e. The van der Waals surface area contributed by atoms with Crippen molar-refractivity contribution in [1.29, 1.82) is 5.26 Å². The highest BCUT2D eigenvalue weighted by atomic mass is 19.1. The molecule has 0 saturated carbocycles. The van der Waals surface area contributed by atoms with Crippen LogP contribution in [0.3, 0.4) is 0 Å². The highest BCUT2D eigenvalue weighted by molar-refractivity contribution is 6.05. The maximum absolute atomic E-state index is 13.9. The number of nitrogens with one attached hydrogen (secondary N) is 1. The van der Waals surface area contributed by atoms with Gasteiger partial charge in [-0.1, -0.05) is 24.3 Å². The van der Waals surface area contributed by atoms with E-state index in [1.165, 1.54) is 6.07 Å². The number of nitriles is 1. The summed E-state index contributed by atoms with van der Waals surface area (Å²) in [4.78, 5) is 12.1. The lowest BCUT2D eigenvalue weighted by Gasteiger charge is -2.10. The summed E-state index contributed by atoms with van der Waals surface area (Å²) in [7, 11) is 0. The second kappa shape index (κ2) is 5.54. The molecule has 0 aromatic heterocycles. The second-order valence-electron chi connectivity index (χ2n) is 4.50. The molecule has 0 saturated heterocycles. The molecule has 0 atom stereocenters. The number of benzene rings is 2. The Hall–Kier alpha value is -2.67. The molecule has 2 aromatic carbocycles. The second-order valence-corrected chi connectivity index (χ2v) is 4.50. The summed E-state index contributed by atoms with van der Waals surface area (Å²) in [6.45, 7) is 3.38. The Labute approximate surface area is 116 Å². The monoisotopic (exact) mass is 268 g/mol. The molecule has 0 unspecified atom stereocenters. The van der Waals surface area contributed by atoms with Gasteiger partial charge in [-0.3, -0.25) is 4.79 Å². The van der Waals surface area contributed by atoms with Crippen molar-refractivity contribution in [2.24, 2.45) is 0 Å². The van der Waals surface area contributed by atoms with Gasteiger partial charge in [-0.05, 0) is 37.1 Å². The first-order chi connectivity index (χ1) is 9.54. The summed E-state index contributed by atoms with van der Waals surface area (Å²) in [5.41, 5.74) is 1.90. The molecular weight excluding hydrogens is 255 g/mol. The molecule has 0 bridgehead atoms. The highest BCUT2D eigenvalue weighted by Crippen LogP contribution is 2.20. The molecule has 0 aliphatic heterocycles. The molecule has 0 heterocycles. The average molecular weight is 268 g/mol. The third kappa shape index (κ3) is 2.52. The Morgan fingerprint density at radius 3 is 2.50 bits per heavy atom. The number of halogens is 1. The van der Waals surface area contributed by atoms with Gasteiger partial charge in [0.25, 0.3) is 5.91 Å². The van der Waals surface area contributed by atoms with Crippen molar-refractivity contribution in [3.05, 3.63) is 64.5 Å². The van der Waals surface area contributed by atoms with Crippen LogP contribution in [-0.4, -0.2) is 5.91 Å². The first-order valence-corrected chi connectivity index (χ1v) is 6.10. The van der Waals surface area contributed by atoms with Crippen LogP contribution in [0.1, 0.15) is 27.0 Å². The molecule has 0 aliphatic carbocycles. The van der Waals surface area contributed by atoms with Gasteiger partial charge in [-0.15, -0.1) is 0 Å². The molecule has 1 amide bonds. The van der Waals surface area contributed by atoms with Crippen molar-refractivity contribution in [3.63, 3.8) is 0 Å². The van der Waals surface area contributed by atoms with Crippen molar-refractivity contribution in [2.45, 2.75) is 13.8 Å². The largest absolute Gasteiger partial charge is 0.321 e. The van der Waals surface area contributed by atoms with Gasteiger partial charge in [0.2, 0.25) is 0 Å². The number of anilines is 1. The molecule has 2 rings (SSSR count). The van der Waals surface area contributed by atoms with Crippen LogP contribution >= 0.6 is 0 Å². The van der Waals surface area contributed by atoms with E-state index in [2.05, 4.69) is 5.32 Å². The quantitative estimate of drug-likeness (QED) is 0.905. The fourth-order valence-electron chi connectivity index (χ4n) is 1.93. The van der Waals surface area contributed by atoms with E-state index in [1.807, 2.05) is 6.07 Å². The summed E-state index contributed by atoms with van der Waals surface area (Å²) in [6.07, 6.45) is 0. The van der Waals surface area contributed by atoms with Gasteiger partial charge >= 0.3 is 0 Å². The molecule has 0 radical (unpaired) electrons. The van der Waals surface area contributed by atoms with Crippen molar-refractivity contribution >= 4 is 11.6 Å². The third-order valence-electron chi connectivity index (χ3n) is 3.07. The van der Waals surface area contributed by atoms with Gasteiger partial charge in [0.15, 0.2) is 0 Å². The van der Waals surface area contributed by atoms with Gasteiger partial charge in [-0.25, -0.2) is 4.39 Å². The summed E-state index contributed by atoms with van der Waals surface area (Å²) in [5.74, 6) is -1.11. The van der Waals surface area contributed by atoms with E-state index in [0.717, 1.165) is 5.56 Å². The van der Waals surface area contributed by atoms with Crippen molar-refractivity contribution in [1.82, 2.24) is 0 Å². The molecule has 0 spiro atoms. The van der Waals surface area contributed by atoms with Crippen LogP contribution in [0.15, 0.2) is 36.4 Å². The van der Waals surface area contributed by atoms with Gasteiger partial charge in [0.1, 0.15) is 11.9 Å². The minimum absolute atomic E-state index is 0.0320. The van der Waals surface area contributed by atoms with E-state index in [0.29, 0.717) is 16.8 Å². The molecule has 4 heteroatoms. The van der Waals surface area contributed by atoms with Crippen LogP contribution in [0.2, 0.25) is 0 Å². The molecule has 1 N–H and O–H groups in total. The Kier molecular flexibility index (Phi) is 3.81. The fourth-order valence-corrected chi connectivity index (χ4v) is 1.93. The SMILES string of the molecule is Cc1cccc(C(=O)Nc2cccc(C)c2C#N)c1F. The number of nitrogens with zero attached hydrogens (tertiary/aromatic N) is 1. The molecular formula is C16H13FN2O. The first kappa shape index (κ1) is 13.8. The normalized spacial score (nSPS) is 9.90. The number of rotatable bonds is 2. The van der Waals surface area contributed by atoms with Crippen LogP contribution in [0.4, 0.5) is 10.1 Å². The average Bonchev–Trinajstić information content (AvgIpc) is 2.42. The van der Waals surface area contributed by atoms with E-state index >= 15 is 0 Å². The lowest BCUT2D eigenvalue weighted by Crippen LogP contribution is -2.15. The minimum atomic E-state index is -0.562. The Morgan fingerprint density at radius 1 is 1.15 bits per heavy atom. The van der Waals surface area contributed by atoms with E-state index in [-0.39, 0.29) is 5.56 Å². The van der Waals surface area contributed by atoms with Crippen LogP contribution in [-0.2, 0) is 0 Å². The molecule has 20 heavy (non-hydrogen) atoms. The van der Waals surface area contributed by atoms with E-state index < -0.39 is 11.7 Å². The number of hydrogen-bond donors (Lipinski definition) is 1. The number of amides is 1. The van der Waals surface area contributed by atoms with Gasteiger partial charge in [0, 0.05) is 0 Å².